The van der Waals surface area contributed by atoms with Crippen molar-refractivity contribution in [2.45, 2.75) is 13.5 Å². The van der Waals surface area contributed by atoms with Crippen LogP contribution in [0.5, 0.6) is 0 Å². The molecule has 0 unspecified atom stereocenters. The second-order valence-corrected chi connectivity index (χ2v) is 7.18. The molecule has 0 aliphatic heterocycles. The normalized spacial score (nSPS) is 11.1. The molecule has 4 rings (SSSR count). The van der Waals surface area contributed by atoms with Crippen molar-refractivity contribution in [1.82, 2.24) is 19.6 Å². The third-order valence-electron chi connectivity index (χ3n) is 4.68. The summed E-state index contributed by atoms with van der Waals surface area (Å²) >= 11 is 0. The van der Waals surface area contributed by atoms with Gasteiger partial charge in [0.1, 0.15) is 0 Å². The Morgan fingerprint density at radius 3 is 2.50 bits per heavy atom. The Morgan fingerprint density at radius 2 is 1.80 bits per heavy atom. The lowest BCUT2D eigenvalue weighted by Crippen LogP contribution is -2.08. The first-order chi connectivity index (χ1) is 14.6. The van der Waals surface area contributed by atoms with Crippen LogP contribution >= 0.6 is 0 Å². The van der Waals surface area contributed by atoms with E-state index in [4.69, 9.17) is 5.10 Å². The Kier molecular flexibility index (Phi) is 5.57. The molecule has 0 atom stereocenters. The van der Waals surface area contributed by atoms with E-state index in [1.165, 1.54) is 17.2 Å². The van der Waals surface area contributed by atoms with Gasteiger partial charge in [-0.1, -0.05) is 60.2 Å². The molecule has 1 amide bonds. The molecule has 2 heterocycles. The Bertz CT molecular complexity index is 1170. The van der Waals surface area contributed by atoms with E-state index < -0.39 is 0 Å². The van der Waals surface area contributed by atoms with Gasteiger partial charge in [0, 0.05) is 42.7 Å². The van der Waals surface area contributed by atoms with Crippen LogP contribution in [0.1, 0.15) is 16.7 Å². The SMILES string of the molecule is Cc1ccc(Cn2cc(/C=C/C(=O)Nc3ccn(C)n3)c(-c3ccccc3)n2)cc1. The number of hydrogen-bond acceptors (Lipinski definition) is 3. The highest BCUT2D eigenvalue weighted by Gasteiger charge is 2.10. The first-order valence-corrected chi connectivity index (χ1v) is 9.74. The molecule has 0 bridgehead atoms. The zero-order valence-corrected chi connectivity index (χ0v) is 17.0. The van der Waals surface area contributed by atoms with Crippen molar-refractivity contribution in [3.05, 3.63) is 95.8 Å². The minimum absolute atomic E-state index is 0.237. The lowest BCUT2D eigenvalue weighted by atomic mass is 10.1. The monoisotopic (exact) mass is 397 g/mol. The molecule has 2 aromatic heterocycles. The van der Waals surface area contributed by atoms with Gasteiger partial charge in [0.15, 0.2) is 5.82 Å². The van der Waals surface area contributed by atoms with Crippen LogP contribution in [0.4, 0.5) is 5.82 Å². The first-order valence-electron chi connectivity index (χ1n) is 9.74. The third-order valence-corrected chi connectivity index (χ3v) is 4.68. The largest absolute Gasteiger partial charge is 0.306 e. The van der Waals surface area contributed by atoms with Gasteiger partial charge in [-0.3, -0.25) is 14.2 Å². The second kappa shape index (κ2) is 8.61. The molecule has 0 fully saturated rings. The zero-order chi connectivity index (χ0) is 20.9. The van der Waals surface area contributed by atoms with Gasteiger partial charge < -0.3 is 5.32 Å². The summed E-state index contributed by atoms with van der Waals surface area (Å²) in [5.41, 5.74) is 5.12. The number of carbonyl (C=O) groups excluding carboxylic acids is 1. The molecule has 30 heavy (non-hydrogen) atoms. The number of aromatic nitrogens is 4. The van der Waals surface area contributed by atoms with Gasteiger partial charge in [-0.05, 0) is 18.6 Å². The second-order valence-electron chi connectivity index (χ2n) is 7.18. The summed E-state index contributed by atoms with van der Waals surface area (Å²) in [4.78, 5) is 12.3. The fraction of sp³-hybridized carbons (Fsp3) is 0.125. The highest BCUT2D eigenvalue weighted by Crippen LogP contribution is 2.23. The molecule has 150 valence electrons. The molecule has 0 radical (unpaired) electrons. The van der Waals surface area contributed by atoms with E-state index in [1.807, 2.05) is 41.2 Å². The molecular formula is C24H23N5O. The lowest BCUT2D eigenvalue weighted by Gasteiger charge is -2.02. The predicted molar refractivity (Wildman–Crippen MR) is 119 cm³/mol. The van der Waals surface area contributed by atoms with E-state index in [0.717, 1.165) is 16.8 Å². The average Bonchev–Trinajstić information content (AvgIpc) is 3.34. The number of nitrogens with one attached hydrogen (secondary N) is 1. The smallest absolute Gasteiger partial charge is 0.249 e. The quantitative estimate of drug-likeness (QED) is 0.494. The van der Waals surface area contributed by atoms with E-state index in [0.29, 0.717) is 12.4 Å². The van der Waals surface area contributed by atoms with Crippen molar-refractivity contribution in [2.75, 3.05) is 5.32 Å². The average molecular weight is 397 g/mol. The maximum atomic E-state index is 12.3. The summed E-state index contributed by atoms with van der Waals surface area (Å²) in [5, 5.41) is 11.7. The molecule has 0 aliphatic carbocycles. The van der Waals surface area contributed by atoms with Crippen molar-refractivity contribution < 1.29 is 4.79 Å². The molecule has 1 N–H and O–H groups in total. The Balaban J connectivity index is 1.59. The summed E-state index contributed by atoms with van der Waals surface area (Å²) in [6.07, 6.45) is 7.04. The van der Waals surface area contributed by atoms with Crippen molar-refractivity contribution in [3.63, 3.8) is 0 Å². The van der Waals surface area contributed by atoms with Crippen LogP contribution in [0.15, 0.2) is 79.1 Å². The van der Waals surface area contributed by atoms with Gasteiger partial charge in [-0.15, -0.1) is 0 Å². The molecule has 2 aromatic carbocycles. The summed E-state index contributed by atoms with van der Waals surface area (Å²) in [7, 11) is 1.81. The number of benzene rings is 2. The highest BCUT2D eigenvalue weighted by molar-refractivity contribution is 6.01. The minimum atomic E-state index is -0.237. The van der Waals surface area contributed by atoms with Crippen molar-refractivity contribution in [3.8, 4) is 11.3 Å². The zero-order valence-electron chi connectivity index (χ0n) is 17.0. The van der Waals surface area contributed by atoms with E-state index in [1.54, 1.807) is 30.1 Å². The Hall–Kier alpha value is -3.93. The first kappa shape index (κ1) is 19.4. The number of carbonyl (C=O) groups is 1. The van der Waals surface area contributed by atoms with Crippen LogP contribution < -0.4 is 5.32 Å². The summed E-state index contributed by atoms with van der Waals surface area (Å²) in [6.45, 7) is 2.73. The van der Waals surface area contributed by atoms with Gasteiger partial charge in [0.25, 0.3) is 0 Å². The topological polar surface area (TPSA) is 64.7 Å². The van der Waals surface area contributed by atoms with E-state index in [2.05, 4.69) is 41.6 Å². The number of hydrogen-bond donors (Lipinski definition) is 1. The van der Waals surface area contributed by atoms with Crippen molar-refractivity contribution >= 4 is 17.8 Å². The summed E-state index contributed by atoms with van der Waals surface area (Å²) in [6, 6.07) is 20.1. The molecule has 6 nitrogen and oxygen atoms in total. The van der Waals surface area contributed by atoms with Gasteiger partial charge in [-0.2, -0.15) is 10.2 Å². The Morgan fingerprint density at radius 1 is 1.03 bits per heavy atom. The maximum Gasteiger partial charge on any atom is 0.249 e. The van der Waals surface area contributed by atoms with E-state index in [-0.39, 0.29) is 5.91 Å². The third kappa shape index (κ3) is 4.72. The minimum Gasteiger partial charge on any atom is -0.306 e. The van der Waals surface area contributed by atoms with Crippen LogP contribution in [0.2, 0.25) is 0 Å². The number of aryl methyl sites for hydroxylation is 2. The number of rotatable bonds is 6. The standard InChI is InChI=1S/C24H23N5O/c1-18-8-10-19(11-9-18)16-29-17-21(24(27-29)20-6-4-3-5-7-20)12-13-23(30)25-22-14-15-28(2)26-22/h3-15,17H,16H2,1-2H3,(H,25,26,30)/b13-12+. The van der Waals surface area contributed by atoms with Crippen LogP contribution in [0.25, 0.3) is 17.3 Å². The Labute approximate surface area is 175 Å². The number of anilines is 1. The molecule has 0 spiro atoms. The van der Waals surface area contributed by atoms with E-state index >= 15 is 0 Å². The fourth-order valence-electron chi connectivity index (χ4n) is 3.16. The molecule has 0 saturated carbocycles. The summed E-state index contributed by atoms with van der Waals surface area (Å²) < 4.78 is 3.55. The van der Waals surface area contributed by atoms with Gasteiger partial charge >= 0.3 is 0 Å². The highest BCUT2D eigenvalue weighted by atomic mass is 16.1. The molecule has 4 aromatic rings. The number of amides is 1. The van der Waals surface area contributed by atoms with E-state index in [9.17, 15) is 4.79 Å². The molecule has 0 aliphatic rings. The predicted octanol–water partition coefficient (Wildman–Crippen LogP) is 4.29. The van der Waals surface area contributed by atoms with Gasteiger partial charge in [0.2, 0.25) is 5.91 Å². The lowest BCUT2D eigenvalue weighted by molar-refractivity contribution is -0.111. The molecule has 6 heteroatoms. The van der Waals surface area contributed by atoms with Crippen LogP contribution in [-0.2, 0) is 18.4 Å². The van der Waals surface area contributed by atoms with Crippen molar-refractivity contribution in [2.24, 2.45) is 7.05 Å². The van der Waals surface area contributed by atoms with Gasteiger partial charge in [-0.25, -0.2) is 0 Å². The van der Waals surface area contributed by atoms with Gasteiger partial charge in [0.05, 0.1) is 12.2 Å². The fourth-order valence-corrected chi connectivity index (χ4v) is 3.16. The molecular weight excluding hydrogens is 374 g/mol. The number of nitrogens with zero attached hydrogens (tertiary/aromatic N) is 4. The van der Waals surface area contributed by atoms with Crippen LogP contribution in [0, 0.1) is 6.92 Å². The van der Waals surface area contributed by atoms with Crippen LogP contribution in [0.3, 0.4) is 0 Å². The molecule has 0 saturated heterocycles. The van der Waals surface area contributed by atoms with Crippen molar-refractivity contribution in [1.29, 1.82) is 0 Å². The maximum absolute atomic E-state index is 12.3. The summed E-state index contributed by atoms with van der Waals surface area (Å²) in [5.74, 6) is 0.282. The van der Waals surface area contributed by atoms with Crippen LogP contribution in [-0.4, -0.2) is 25.5 Å².